The summed E-state index contributed by atoms with van der Waals surface area (Å²) in [4.78, 5) is 48.0. The molecule has 2 aromatic carbocycles. The van der Waals surface area contributed by atoms with Crippen molar-refractivity contribution in [2.75, 3.05) is 26.9 Å². The quantitative estimate of drug-likeness (QED) is 0.332. The van der Waals surface area contributed by atoms with Crippen molar-refractivity contribution in [1.29, 1.82) is 0 Å². The molecule has 1 fully saturated rings. The van der Waals surface area contributed by atoms with Gasteiger partial charge in [-0.25, -0.2) is 9.59 Å². The topological polar surface area (TPSA) is 96.0 Å². The molecule has 3 rings (SSSR count). The third-order valence-corrected chi connectivity index (χ3v) is 6.37. The molecule has 186 valence electrons. The van der Waals surface area contributed by atoms with Crippen LogP contribution in [0.4, 0.5) is 0 Å². The lowest BCUT2D eigenvalue weighted by molar-refractivity contribution is 0.0297. The van der Waals surface area contributed by atoms with E-state index in [2.05, 4.69) is 0 Å². The highest BCUT2D eigenvalue weighted by Gasteiger charge is 2.24. The van der Waals surface area contributed by atoms with E-state index in [0.717, 1.165) is 25.7 Å². The van der Waals surface area contributed by atoms with Gasteiger partial charge < -0.3 is 14.2 Å². The Kier molecular flexibility index (Phi) is 9.73. The van der Waals surface area contributed by atoms with E-state index in [1.54, 1.807) is 55.6 Å². The van der Waals surface area contributed by atoms with Crippen molar-refractivity contribution >= 4 is 23.5 Å². The fourth-order valence-electron chi connectivity index (χ4n) is 4.09. The van der Waals surface area contributed by atoms with Crippen molar-refractivity contribution in [3.8, 4) is 0 Å². The molecule has 0 aromatic heterocycles. The van der Waals surface area contributed by atoms with Gasteiger partial charge in [0.1, 0.15) is 0 Å². The first-order valence-electron chi connectivity index (χ1n) is 11.9. The van der Waals surface area contributed by atoms with Crippen LogP contribution in [0.3, 0.4) is 0 Å². The Morgan fingerprint density at radius 2 is 1.09 bits per heavy atom. The van der Waals surface area contributed by atoms with Gasteiger partial charge in [0.05, 0.1) is 30.9 Å². The van der Waals surface area contributed by atoms with Crippen LogP contribution < -0.4 is 0 Å². The summed E-state index contributed by atoms with van der Waals surface area (Å²) in [6, 6.07) is 13.0. The van der Waals surface area contributed by atoms with Gasteiger partial charge in [0.25, 0.3) is 0 Å². The van der Waals surface area contributed by atoms with Crippen molar-refractivity contribution in [3.05, 3.63) is 70.8 Å². The summed E-state index contributed by atoms with van der Waals surface area (Å²) in [5.41, 5.74) is 1.96. The highest BCUT2D eigenvalue weighted by atomic mass is 16.5. The average Bonchev–Trinajstić information content (AvgIpc) is 2.89. The molecule has 0 amide bonds. The number of esters is 2. The smallest absolute Gasteiger partial charge is 0.338 e. The van der Waals surface area contributed by atoms with E-state index in [4.69, 9.17) is 14.2 Å². The molecule has 2 aromatic rings. The maximum atomic E-state index is 12.4. The largest absolute Gasteiger partial charge is 0.462 e. The number of benzene rings is 2. The molecule has 0 bridgehead atoms. The zero-order valence-corrected chi connectivity index (χ0v) is 20.3. The highest BCUT2D eigenvalue weighted by molar-refractivity contribution is 5.98. The molecule has 1 aliphatic rings. The summed E-state index contributed by atoms with van der Waals surface area (Å²) in [5.74, 6) is -0.295. The zero-order valence-electron chi connectivity index (χ0n) is 20.3. The van der Waals surface area contributed by atoms with Crippen LogP contribution in [0, 0.1) is 11.8 Å². The van der Waals surface area contributed by atoms with Crippen molar-refractivity contribution in [3.63, 3.8) is 0 Å². The van der Waals surface area contributed by atoms with Crippen LogP contribution in [-0.2, 0) is 14.2 Å². The summed E-state index contributed by atoms with van der Waals surface area (Å²) in [6.07, 6.45) is 3.90. The fraction of sp³-hybridized carbons (Fsp3) is 0.429. The molecule has 0 saturated heterocycles. The Morgan fingerprint density at radius 1 is 0.686 bits per heavy atom. The molecule has 0 spiro atoms. The molecule has 35 heavy (non-hydrogen) atoms. The number of hydrogen-bond acceptors (Lipinski definition) is 7. The highest BCUT2D eigenvalue weighted by Crippen LogP contribution is 2.29. The standard InChI is InChI=1S/C28H32O7/c1-19(29)22-7-11-24(12-8-22)27(31)34-17-20-3-5-21(6-4-20)18-35-28(32)25-13-9-23(10-14-25)26(30)15-16-33-2/h7-14,20-21H,3-6,15-18H2,1-2H3. The molecule has 1 saturated carbocycles. The van der Waals surface area contributed by atoms with Gasteiger partial charge in [-0.15, -0.1) is 0 Å². The van der Waals surface area contributed by atoms with E-state index in [1.165, 1.54) is 6.92 Å². The van der Waals surface area contributed by atoms with Crippen molar-refractivity contribution in [1.82, 2.24) is 0 Å². The number of carbonyl (C=O) groups is 4. The van der Waals surface area contributed by atoms with E-state index < -0.39 is 5.97 Å². The lowest BCUT2D eigenvalue weighted by Gasteiger charge is -2.27. The van der Waals surface area contributed by atoms with Gasteiger partial charge in [0.15, 0.2) is 11.6 Å². The summed E-state index contributed by atoms with van der Waals surface area (Å²) in [6.45, 7) is 2.55. The summed E-state index contributed by atoms with van der Waals surface area (Å²) >= 11 is 0. The molecule has 0 heterocycles. The predicted molar refractivity (Wildman–Crippen MR) is 130 cm³/mol. The van der Waals surface area contributed by atoms with Crippen LogP contribution in [0.1, 0.15) is 80.5 Å². The van der Waals surface area contributed by atoms with E-state index in [9.17, 15) is 19.2 Å². The minimum Gasteiger partial charge on any atom is -0.462 e. The Morgan fingerprint density at radius 3 is 1.49 bits per heavy atom. The van der Waals surface area contributed by atoms with Crippen molar-refractivity contribution in [2.24, 2.45) is 11.8 Å². The second-order valence-electron chi connectivity index (χ2n) is 8.96. The molecular weight excluding hydrogens is 448 g/mol. The van der Waals surface area contributed by atoms with Gasteiger partial charge in [-0.1, -0.05) is 24.3 Å². The van der Waals surface area contributed by atoms with Crippen molar-refractivity contribution < 1.29 is 33.4 Å². The monoisotopic (exact) mass is 480 g/mol. The minimum absolute atomic E-state index is 0.0277. The SMILES string of the molecule is COCCC(=O)c1ccc(C(=O)OCC2CCC(COC(=O)c3ccc(C(C)=O)cc3)CC2)cc1. The molecule has 1 aliphatic carbocycles. The molecule has 7 heteroatoms. The fourth-order valence-corrected chi connectivity index (χ4v) is 4.09. The van der Waals surface area contributed by atoms with Crippen molar-refractivity contribution in [2.45, 2.75) is 39.0 Å². The van der Waals surface area contributed by atoms with E-state index >= 15 is 0 Å². The zero-order chi connectivity index (χ0) is 25.2. The van der Waals surface area contributed by atoms with E-state index in [1.807, 2.05) is 0 Å². The van der Waals surface area contributed by atoms with Gasteiger partial charge in [-0.2, -0.15) is 0 Å². The van der Waals surface area contributed by atoms with Crippen LogP contribution in [0.5, 0.6) is 0 Å². The van der Waals surface area contributed by atoms with Crippen LogP contribution in [0.15, 0.2) is 48.5 Å². The number of methoxy groups -OCH3 is 1. The number of Topliss-reactive ketones (excluding diaryl/α,β-unsaturated/α-hetero) is 2. The number of ether oxygens (including phenoxy) is 3. The van der Waals surface area contributed by atoms with Gasteiger partial charge in [0, 0.05) is 24.7 Å². The van der Waals surface area contributed by atoms with Crippen LogP contribution in [0.2, 0.25) is 0 Å². The molecular formula is C28H32O7. The van der Waals surface area contributed by atoms with E-state index in [0.29, 0.717) is 48.5 Å². The molecule has 0 atom stereocenters. The van der Waals surface area contributed by atoms with Crippen LogP contribution >= 0.6 is 0 Å². The van der Waals surface area contributed by atoms with Gasteiger partial charge in [-0.05, 0) is 68.7 Å². The number of rotatable bonds is 11. The second-order valence-corrected chi connectivity index (χ2v) is 8.96. The minimum atomic E-state index is -0.396. The Bertz CT molecular complexity index is 1020. The van der Waals surface area contributed by atoms with Gasteiger partial charge in [0.2, 0.25) is 0 Å². The first kappa shape index (κ1) is 26.3. The first-order chi connectivity index (χ1) is 16.9. The third-order valence-electron chi connectivity index (χ3n) is 6.37. The Balaban J connectivity index is 1.36. The molecule has 0 unspecified atom stereocenters. The van der Waals surface area contributed by atoms with Crippen LogP contribution in [0.25, 0.3) is 0 Å². The molecule has 0 radical (unpaired) electrons. The van der Waals surface area contributed by atoms with E-state index in [-0.39, 0.29) is 29.4 Å². The second kappa shape index (κ2) is 13.0. The Labute approximate surface area is 205 Å². The predicted octanol–water partition coefficient (Wildman–Crippen LogP) is 4.93. The van der Waals surface area contributed by atoms with Gasteiger partial charge >= 0.3 is 11.9 Å². The first-order valence-corrected chi connectivity index (χ1v) is 11.9. The summed E-state index contributed by atoms with van der Waals surface area (Å²) < 4.78 is 15.9. The molecule has 7 nitrogen and oxygen atoms in total. The molecule has 0 aliphatic heterocycles. The van der Waals surface area contributed by atoms with Gasteiger partial charge in [-0.3, -0.25) is 9.59 Å². The van der Waals surface area contributed by atoms with Crippen LogP contribution in [-0.4, -0.2) is 50.4 Å². The number of carbonyl (C=O) groups excluding carboxylic acids is 4. The normalized spacial score (nSPS) is 17.4. The third kappa shape index (κ3) is 7.86. The maximum absolute atomic E-state index is 12.4. The maximum Gasteiger partial charge on any atom is 0.338 e. The summed E-state index contributed by atoms with van der Waals surface area (Å²) in [7, 11) is 1.55. The number of hydrogen-bond donors (Lipinski definition) is 0. The number of ketones is 2. The Hall–Kier alpha value is -3.32. The lowest BCUT2D eigenvalue weighted by atomic mass is 9.83. The summed E-state index contributed by atoms with van der Waals surface area (Å²) in [5, 5.41) is 0. The molecule has 0 N–H and O–H groups in total. The lowest BCUT2D eigenvalue weighted by Crippen LogP contribution is -2.24. The average molecular weight is 481 g/mol.